The maximum atomic E-state index is 12.0. The lowest BCUT2D eigenvalue weighted by atomic mass is 9.94. The van der Waals surface area contributed by atoms with Crippen molar-refractivity contribution >= 4 is 5.91 Å². The number of hydrogen-bond acceptors (Lipinski definition) is 2. The molecule has 104 valence electrons. The second-order valence-corrected chi connectivity index (χ2v) is 5.60. The van der Waals surface area contributed by atoms with Crippen LogP contribution in [0.3, 0.4) is 0 Å². The molecule has 0 aromatic heterocycles. The molecule has 1 heterocycles. The second-order valence-electron chi connectivity index (χ2n) is 5.60. The van der Waals surface area contributed by atoms with Gasteiger partial charge < -0.3 is 10.6 Å². The Kier molecular flexibility index (Phi) is 4.97. The van der Waals surface area contributed by atoms with E-state index in [9.17, 15) is 4.79 Å². The van der Waals surface area contributed by atoms with Crippen molar-refractivity contribution in [2.75, 3.05) is 13.1 Å². The zero-order chi connectivity index (χ0) is 13.7. The summed E-state index contributed by atoms with van der Waals surface area (Å²) in [7, 11) is 0. The normalized spacial score (nSPS) is 18.0. The predicted octanol–water partition coefficient (Wildman–Crippen LogP) is 2.56. The van der Waals surface area contributed by atoms with Crippen LogP contribution in [0, 0.1) is 12.8 Å². The molecule has 1 aromatic rings. The highest BCUT2D eigenvalue weighted by molar-refractivity contribution is 5.76. The topological polar surface area (TPSA) is 41.1 Å². The largest absolute Gasteiger partial charge is 0.350 e. The molecule has 0 spiro atoms. The highest BCUT2D eigenvalue weighted by Crippen LogP contribution is 2.17. The number of carbonyl (C=O) groups is 1. The molecule has 1 aromatic carbocycles. The number of benzene rings is 1. The van der Waals surface area contributed by atoms with Gasteiger partial charge in [-0.25, -0.2) is 0 Å². The number of aryl methyl sites for hydroxylation is 1. The highest BCUT2D eigenvalue weighted by atomic mass is 16.1. The fourth-order valence-corrected chi connectivity index (χ4v) is 2.59. The maximum Gasteiger partial charge on any atom is 0.220 e. The van der Waals surface area contributed by atoms with Crippen LogP contribution in [0.25, 0.3) is 0 Å². The molecule has 1 atom stereocenters. The van der Waals surface area contributed by atoms with Gasteiger partial charge >= 0.3 is 0 Å². The molecule has 1 saturated heterocycles. The van der Waals surface area contributed by atoms with Gasteiger partial charge in [0, 0.05) is 6.42 Å². The summed E-state index contributed by atoms with van der Waals surface area (Å²) in [6, 6.07) is 8.44. The summed E-state index contributed by atoms with van der Waals surface area (Å²) in [5.41, 5.74) is 2.42. The van der Waals surface area contributed by atoms with E-state index in [2.05, 4.69) is 41.8 Å². The number of hydrogen-bond donors (Lipinski definition) is 2. The molecule has 2 N–H and O–H groups in total. The molecule has 0 aliphatic carbocycles. The van der Waals surface area contributed by atoms with E-state index < -0.39 is 0 Å². The summed E-state index contributed by atoms with van der Waals surface area (Å²) in [5.74, 6) is 0.728. The van der Waals surface area contributed by atoms with Gasteiger partial charge in [-0.05, 0) is 51.3 Å². The third kappa shape index (κ3) is 4.35. The van der Waals surface area contributed by atoms with Crippen LogP contribution in [0.2, 0.25) is 0 Å². The minimum Gasteiger partial charge on any atom is -0.350 e. The highest BCUT2D eigenvalue weighted by Gasteiger charge is 2.18. The Labute approximate surface area is 115 Å². The number of rotatable bonds is 4. The minimum atomic E-state index is 0.0924. The first-order chi connectivity index (χ1) is 9.15. The molecule has 2 rings (SSSR count). The van der Waals surface area contributed by atoms with Gasteiger partial charge in [0.1, 0.15) is 0 Å². The predicted molar refractivity (Wildman–Crippen MR) is 77.9 cm³/mol. The van der Waals surface area contributed by atoms with Crippen LogP contribution in [-0.2, 0) is 4.79 Å². The Morgan fingerprint density at radius 2 is 1.95 bits per heavy atom. The van der Waals surface area contributed by atoms with Gasteiger partial charge in [-0.2, -0.15) is 0 Å². The van der Waals surface area contributed by atoms with Crippen LogP contribution in [0.5, 0.6) is 0 Å². The van der Waals surface area contributed by atoms with Gasteiger partial charge in [-0.1, -0.05) is 29.8 Å². The van der Waals surface area contributed by atoms with Crippen LogP contribution in [-0.4, -0.2) is 19.0 Å². The van der Waals surface area contributed by atoms with Crippen LogP contribution in [0.15, 0.2) is 24.3 Å². The molecule has 1 aliphatic heterocycles. The zero-order valence-corrected chi connectivity index (χ0v) is 11.9. The van der Waals surface area contributed by atoms with Gasteiger partial charge in [-0.3, -0.25) is 4.79 Å². The van der Waals surface area contributed by atoms with Crippen molar-refractivity contribution in [3.8, 4) is 0 Å². The zero-order valence-electron chi connectivity index (χ0n) is 11.9. The Hall–Kier alpha value is -1.35. The summed E-state index contributed by atoms with van der Waals surface area (Å²) < 4.78 is 0. The number of nitrogens with one attached hydrogen (secondary N) is 2. The maximum absolute atomic E-state index is 12.0. The quantitative estimate of drug-likeness (QED) is 0.873. The fraction of sp³-hybridized carbons (Fsp3) is 0.562. The molecule has 0 bridgehead atoms. The van der Waals surface area contributed by atoms with Crippen molar-refractivity contribution in [1.82, 2.24) is 10.6 Å². The first-order valence-corrected chi connectivity index (χ1v) is 7.22. The van der Waals surface area contributed by atoms with Gasteiger partial charge in [-0.15, -0.1) is 0 Å². The Balaban J connectivity index is 1.82. The Morgan fingerprint density at radius 1 is 1.32 bits per heavy atom. The lowest BCUT2D eigenvalue weighted by molar-refractivity contribution is -0.122. The molecule has 1 fully saturated rings. The van der Waals surface area contributed by atoms with E-state index in [0.29, 0.717) is 12.3 Å². The molecule has 3 nitrogen and oxygen atoms in total. The lowest BCUT2D eigenvalue weighted by Crippen LogP contribution is -2.33. The molecule has 1 amide bonds. The van der Waals surface area contributed by atoms with Gasteiger partial charge in [0.15, 0.2) is 0 Å². The molecule has 0 radical (unpaired) electrons. The summed E-state index contributed by atoms with van der Waals surface area (Å²) in [6.45, 7) is 6.21. The van der Waals surface area contributed by atoms with Gasteiger partial charge in [0.25, 0.3) is 0 Å². The average Bonchev–Trinajstić information content (AvgIpc) is 2.40. The van der Waals surface area contributed by atoms with E-state index in [4.69, 9.17) is 0 Å². The first kappa shape index (κ1) is 14.1. The van der Waals surface area contributed by atoms with Crippen LogP contribution >= 0.6 is 0 Å². The van der Waals surface area contributed by atoms with Crippen molar-refractivity contribution in [1.29, 1.82) is 0 Å². The van der Waals surface area contributed by atoms with E-state index in [0.717, 1.165) is 25.9 Å². The monoisotopic (exact) mass is 260 g/mol. The van der Waals surface area contributed by atoms with Crippen LogP contribution < -0.4 is 10.6 Å². The molecule has 0 saturated carbocycles. The summed E-state index contributed by atoms with van der Waals surface area (Å²) in [5, 5.41) is 6.43. The van der Waals surface area contributed by atoms with Gasteiger partial charge in [0.2, 0.25) is 5.91 Å². The van der Waals surface area contributed by atoms with Gasteiger partial charge in [0.05, 0.1) is 6.04 Å². The summed E-state index contributed by atoms with van der Waals surface area (Å²) in [4.78, 5) is 12.0. The first-order valence-electron chi connectivity index (χ1n) is 7.22. The molecular weight excluding hydrogens is 236 g/mol. The SMILES string of the molecule is Cc1ccc([C@H](C)NC(=O)CC2CCNCC2)cc1. The van der Waals surface area contributed by atoms with E-state index in [1.807, 2.05) is 6.92 Å². The van der Waals surface area contributed by atoms with E-state index >= 15 is 0 Å². The minimum absolute atomic E-state index is 0.0924. The molecular formula is C16H24N2O. The standard InChI is InChI=1S/C16H24N2O/c1-12-3-5-15(6-4-12)13(2)18-16(19)11-14-7-9-17-10-8-14/h3-6,13-14,17H,7-11H2,1-2H3,(H,18,19)/t13-/m0/s1. The van der Waals surface area contributed by atoms with Crippen molar-refractivity contribution in [2.24, 2.45) is 5.92 Å². The third-order valence-corrected chi connectivity index (χ3v) is 3.89. The fourth-order valence-electron chi connectivity index (χ4n) is 2.59. The molecule has 1 aliphatic rings. The van der Waals surface area contributed by atoms with E-state index in [-0.39, 0.29) is 11.9 Å². The summed E-state index contributed by atoms with van der Waals surface area (Å²) >= 11 is 0. The van der Waals surface area contributed by atoms with Crippen LogP contribution in [0.1, 0.15) is 43.4 Å². The Morgan fingerprint density at radius 3 is 2.58 bits per heavy atom. The third-order valence-electron chi connectivity index (χ3n) is 3.89. The van der Waals surface area contributed by atoms with E-state index in [1.165, 1.54) is 11.1 Å². The molecule has 3 heteroatoms. The smallest absolute Gasteiger partial charge is 0.220 e. The number of amides is 1. The lowest BCUT2D eigenvalue weighted by Gasteiger charge is -2.23. The van der Waals surface area contributed by atoms with Crippen molar-refractivity contribution in [2.45, 2.75) is 39.2 Å². The Bertz CT molecular complexity index is 407. The second kappa shape index (κ2) is 6.71. The van der Waals surface area contributed by atoms with Crippen molar-refractivity contribution in [3.63, 3.8) is 0 Å². The summed E-state index contributed by atoms with van der Waals surface area (Å²) in [6.07, 6.45) is 2.90. The van der Waals surface area contributed by atoms with Crippen LogP contribution in [0.4, 0.5) is 0 Å². The van der Waals surface area contributed by atoms with Crippen molar-refractivity contribution in [3.05, 3.63) is 35.4 Å². The average molecular weight is 260 g/mol. The molecule has 19 heavy (non-hydrogen) atoms. The van der Waals surface area contributed by atoms with Crippen molar-refractivity contribution < 1.29 is 4.79 Å². The van der Waals surface area contributed by atoms with E-state index in [1.54, 1.807) is 0 Å². The molecule has 0 unspecified atom stereocenters. The number of carbonyl (C=O) groups excluding carboxylic acids is 1. The number of piperidine rings is 1.